The van der Waals surface area contributed by atoms with E-state index in [9.17, 15) is 30.3 Å². The van der Waals surface area contributed by atoms with Gasteiger partial charge in [-0.2, -0.15) is 0 Å². The van der Waals surface area contributed by atoms with Crippen molar-refractivity contribution in [3.63, 3.8) is 0 Å². The molecule has 6 N–H and O–H groups in total. The van der Waals surface area contributed by atoms with Crippen LogP contribution >= 0.6 is 0 Å². The van der Waals surface area contributed by atoms with Gasteiger partial charge in [0.25, 0.3) is 0 Å². The van der Waals surface area contributed by atoms with Gasteiger partial charge in [0.2, 0.25) is 5.91 Å². The van der Waals surface area contributed by atoms with Gasteiger partial charge in [0.1, 0.15) is 24.4 Å². The molecule has 1 heterocycles. The summed E-state index contributed by atoms with van der Waals surface area (Å²) in [6.07, 6.45) is 41.3. The molecule has 9 heteroatoms. The zero-order chi connectivity index (χ0) is 40.9. The predicted octanol–water partition coefficient (Wildman–Crippen LogP) is 9.22. The first-order valence-corrected chi connectivity index (χ1v) is 22.5. The molecule has 7 atom stereocenters. The number of aliphatic hydroxyl groups is 5. The van der Waals surface area contributed by atoms with E-state index >= 15 is 0 Å². The zero-order valence-corrected chi connectivity index (χ0v) is 35.4. The number of rotatable bonds is 36. The van der Waals surface area contributed by atoms with Crippen LogP contribution in [-0.2, 0) is 14.3 Å². The molecule has 0 aliphatic carbocycles. The van der Waals surface area contributed by atoms with E-state index in [2.05, 4.69) is 79.9 Å². The molecule has 0 aromatic heterocycles. The molecule has 0 spiro atoms. The number of nitrogens with one attached hydrogen (secondary N) is 1. The smallest absolute Gasteiger partial charge is 0.220 e. The standard InChI is InChI=1S/C47H83NO8/c1-3-5-7-9-11-12-13-14-15-16-17-18-19-20-21-22-23-24-25-26-27-28-29-30-31-33-35-37-43(51)48-40(41(50)36-34-32-10-8-6-4-2)39-55-47-46(54)45(53)44(52)42(38-49)56-47/h5,7,11-12,14-15,17-18,20-21,40-42,44-47,49-50,52-54H,3-4,6,8-10,13,16,19,22-39H2,1-2H3,(H,48,51)/b7-5-,12-11-,15-14-,18-17-,21-20-. The monoisotopic (exact) mass is 790 g/mol. The zero-order valence-electron chi connectivity index (χ0n) is 35.4. The Labute approximate surface area is 341 Å². The first-order chi connectivity index (χ1) is 27.3. The number of amides is 1. The van der Waals surface area contributed by atoms with Crippen molar-refractivity contribution in [2.24, 2.45) is 0 Å². The summed E-state index contributed by atoms with van der Waals surface area (Å²) in [4.78, 5) is 12.9. The van der Waals surface area contributed by atoms with Crippen LogP contribution in [0.5, 0.6) is 0 Å². The molecule has 0 saturated carbocycles. The van der Waals surface area contributed by atoms with Crippen LogP contribution in [0.25, 0.3) is 0 Å². The number of hydrogen-bond donors (Lipinski definition) is 6. The number of carbonyl (C=O) groups is 1. The summed E-state index contributed by atoms with van der Waals surface area (Å²) in [5.41, 5.74) is 0. The highest BCUT2D eigenvalue weighted by atomic mass is 16.7. The van der Waals surface area contributed by atoms with Crippen molar-refractivity contribution in [2.45, 2.75) is 217 Å². The molecular weight excluding hydrogens is 707 g/mol. The molecule has 324 valence electrons. The van der Waals surface area contributed by atoms with Gasteiger partial charge in [0, 0.05) is 6.42 Å². The Kier molecular flexibility index (Phi) is 34.5. The summed E-state index contributed by atoms with van der Waals surface area (Å²) in [5, 5.41) is 53.9. The Bertz CT molecular complexity index is 1060. The highest BCUT2D eigenvalue weighted by Gasteiger charge is 2.44. The fourth-order valence-corrected chi connectivity index (χ4v) is 6.77. The third kappa shape index (κ3) is 27.5. The lowest BCUT2D eigenvalue weighted by Crippen LogP contribution is -2.60. The van der Waals surface area contributed by atoms with Gasteiger partial charge in [0.05, 0.1) is 25.4 Å². The lowest BCUT2D eigenvalue weighted by Gasteiger charge is -2.40. The van der Waals surface area contributed by atoms with Crippen molar-refractivity contribution < 1.29 is 39.8 Å². The van der Waals surface area contributed by atoms with Gasteiger partial charge in [-0.25, -0.2) is 0 Å². The number of ether oxygens (including phenoxy) is 2. The van der Waals surface area contributed by atoms with E-state index in [4.69, 9.17) is 9.47 Å². The summed E-state index contributed by atoms with van der Waals surface area (Å²) < 4.78 is 11.2. The van der Waals surface area contributed by atoms with E-state index in [1.807, 2.05) is 0 Å². The minimum Gasteiger partial charge on any atom is -0.394 e. The van der Waals surface area contributed by atoms with Crippen LogP contribution in [0.15, 0.2) is 60.8 Å². The van der Waals surface area contributed by atoms with E-state index in [0.717, 1.165) is 70.6 Å². The maximum atomic E-state index is 12.9. The Hall–Kier alpha value is -2.11. The van der Waals surface area contributed by atoms with Crippen molar-refractivity contribution in [1.29, 1.82) is 0 Å². The van der Waals surface area contributed by atoms with Crippen molar-refractivity contribution in [2.75, 3.05) is 13.2 Å². The highest BCUT2D eigenvalue weighted by molar-refractivity contribution is 5.76. The van der Waals surface area contributed by atoms with Crippen LogP contribution in [0.3, 0.4) is 0 Å². The summed E-state index contributed by atoms with van der Waals surface area (Å²) in [7, 11) is 0. The molecule has 0 radical (unpaired) electrons. The highest BCUT2D eigenvalue weighted by Crippen LogP contribution is 2.23. The van der Waals surface area contributed by atoms with Gasteiger partial charge in [0.15, 0.2) is 6.29 Å². The SMILES string of the molecule is CC/C=C\C/C=C\C/C=C\C/C=C\C/C=C\CCCCCCCCCCCCCC(=O)NC(COC1OC(CO)C(O)C(O)C1O)C(O)CCCCCCCC. The molecule has 1 aliphatic heterocycles. The number of unbranched alkanes of at least 4 members (excludes halogenated alkanes) is 16. The van der Waals surface area contributed by atoms with Crippen LogP contribution in [0.1, 0.15) is 174 Å². The van der Waals surface area contributed by atoms with Gasteiger partial charge in [-0.3, -0.25) is 4.79 Å². The molecule has 0 aromatic carbocycles. The summed E-state index contributed by atoms with van der Waals surface area (Å²) in [5.74, 6) is -0.157. The van der Waals surface area contributed by atoms with E-state index in [-0.39, 0.29) is 12.5 Å². The quantitative estimate of drug-likeness (QED) is 0.0272. The van der Waals surface area contributed by atoms with Gasteiger partial charge >= 0.3 is 0 Å². The third-order valence-electron chi connectivity index (χ3n) is 10.4. The Balaban J connectivity index is 2.16. The van der Waals surface area contributed by atoms with Crippen molar-refractivity contribution >= 4 is 5.91 Å². The Morgan fingerprint density at radius 2 is 1.11 bits per heavy atom. The van der Waals surface area contributed by atoms with Gasteiger partial charge in [-0.15, -0.1) is 0 Å². The summed E-state index contributed by atoms with van der Waals surface area (Å²) >= 11 is 0. The van der Waals surface area contributed by atoms with Crippen LogP contribution in [0, 0.1) is 0 Å². The minimum absolute atomic E-state index is 0.143. The average molecular weight is 790 g/mol. The molecule has 1 fully saturated rings. The van der Waals surface area contributed by atoms with Crippen molar-refractivity contribution in [3.05, 3.63) is 60.8 Å². The summed E-state index contributed by atoms with van der Waals surface area (Å²) in [6, 6.07) is -0.719. The molecule has 1 aliphatic rings. The molecule has 0 bridgehead atoms. The van der Waals surface area contributed by atoms with E-state index in [0.29, 0.717) is 12.8 Å². The minimum atomic E-state index is -1.55. The molecule has 0 aromatic rings. The lowest BCUT2D eigenvalue weighted by atomic mass is 9.99. The number of carbonyl (C=O) groups excluding carboxylic acids is 1. The van der Waals surface area contributed by atoms with Crippen molar-refractivity contribution in [1.82, 2.24) is 5.32 Å². The Morgan fingerprint density at radius 1 is 0.625 bits per heavy atom. The average Bonchev–Trinajstić information content (AvgIpc) is 3.20. The number of aliphatic hydroxyl groups excluding tert-OH is 5. The van der Waals surface area contributed by atoms with E-state index < -0.39 is 49.5 Å². The normalized spacial score (nSPS) is 21.7. The maximum Gasteiger partial charge on any atom is 0.220 e. The van der Waals surface area contributed by atoms with Gasteiger partial charge < -0.3 is 40.3 Å². The third-order valence-corrected chi connectivity index (χ3v) is 10.4. The van der Waals surface area contributed by atoms with Crippen LogP contribution < -0.4 is 5.32 Å². The number of hydrogen-bond acceptors (Lipinski definition) is 8. The van der Waals surface area contributed by atoms with Crippen LogP contribution in [-0.4, -0.2) is 87.5 Å². The second-order valence-electron chi connectivity index (χ2n) is 15.5. The first kappa shape index (κ1) is 51.9. The molecule has 56 heavy (non-hydrogen) atoms. The molecule has 1 saturated heterocycles. The molecule has 1 rings (SSSR count). The second kappa shape index (κ2) is 37.2. The topological polar surface area (TPSA) is 149 Å². The molecule has 1 amide bonds. The van der Waals surface area contributed by atoms with Crippen LogP contribution in [0.2, 0.25) is 0 Å². The predicted molar refractivity (Wildman–Crippen MR) is 230 cm³/mol. The molecular formula is C47H83NO8. The maximum absolute atomic E-state index is 12.9. The Morgan fingerprint density at radius 3 is 1.64 bits per heavy atom. The second-order valence-corrected chi connectivity index (χ2v) is 15.5. The van der Waals surface area contributed by atoms with E-state index in [1.165, 1.54) is 77.0 Å². The summed E-state index contributed by atoms with van der Waals surface area (Å²) in [6.45, 7) is 3.63. The van der Waals surface area contributed by atoms with Crippen molar-refractivity contribution in [3.8, 4) is 0 Å². The van der Waals surface area contributed by atoms with Gasteiger partial charge in [-0.1, -0.05) is 171 Å². The van der Waals surface area contributed by atoms with Crippen LogP contribution in [0.4, 0.5) is 0 Å². The number of allylic oxidation sites excluding steroid dienone is 10. The largest absolute Gasteiger partial charge is 0.394 e. The molecule has 7 unspecified atom stereocenters. The first-order valence-electron chi connectivity index (χ1n) is 22.5. The fourth-order valence-electron chi connectivity index (χ4n) is 6.77. The fraction of sp³-hybridized carbons (Fsp3) is 0.766. The van der Waals surface area contributed by atoms with E-state index in [1.54, 1.807) is 0 Å². The lowest BCUT2D eigenvalue weighted by molar-refractivity contribution is -0.302. The van der Waals surface area contributed by atoms with Gasteiger partial charge in [-0.05, 0) is 57.8 Å². The molecule has 9 nitrogen and oxygen atoms in total.